The van der Waals surface area contributed by atoms with E-state index in [1.807, 2.05) is 0 Å². The lowest BCUT2D eigenvalue weighted by Crippen LogP contribution is -2.58. The summed E-state index contributed by atoms with van der Waals surface area (Å²) in [5.41, 5.74) is 5.38. The maximum absolute atomic E-state index is 12.7. The molecule has 5 unspecified atom stereocenters. The summed E-state index contributed by atoms with van der Waals surface area (Å²) in [6.07, 6.45) is -1.44. The van der Waals surface area contributed by atoms with Gasteiger partial charge in [-0.3, -0.25) is 24.0 Å². The van der Waals surface area contributed by atoms with Crippen LogP contribution in [0.25, 0.3) is 0 Å². The molecule has 0 saturated carbocycles. The Hall–Kier alpha value is -3.26. The van der Waals surface area contributed by atoms with Crippen molar-refractivity contribution in [3.63, 3.8) is 0 Å². The third-order valence-electron chi connectivity index (χ3n) is 4.87. The molecule has 0 aromatic rings. The highest BCUT2D eigenvalue weighted by atomic mass is 16.4. The maximum atomic E-state index is 12.7. The Morgan fingerprint density at radius 3 is 1.58 bits per heavy atom. The van der Waals surface area contributed by atoms with Crippen LogP contribution in [0.4, 0.5) is 0 Å². The van der Waals surface area contributed by atoms with E-state index < -0.39 is 91.6 Å². The third-order valence-corrected chi connectivity index (χ3v) is 4.87. The van der Waals surface area contributed by atoms with E-state index in [0.29, 0.717) is 6.42 Å². The van der Waals surface area contributed by atoms with Crippen LogP contribution in [0.1, 0.15) is 46.0 Å². The predicted octanol–water partition coefficient (Wildman–Crippen LogP) is -2.38. The number of carbonyl (C=O) groups is 6. The standard InChI is InChI=1S/C19H32N4O10/c1-3-9(2)15(19(32)33)23-18(31)12(5-7-14(27)28)22-17(30)11(4-6-13(25)26)21-16(29)10(20)8-24/h9-12,15,24H,3-8,20H2,1-2H3,(H,21,29)(H,22,30)(H,23,31)(H,25,26)(H,27,28)(H,32,33). The molecule has 0 spiro atoms. The molecule has 0 aliphatic carbocycles. The quantitative estimate of drug-likeness (QED) is 0.117. The van der Waals surface area contributed by atoms with Crippen LogP contribution >= 0.6 is 0 Å². The van der Waals surface area contributed by atoms with Crippen molar-refractivity contribution in [3.05, 3.63) is 0 Å². The van der Waals surface area contributed by atoms with Crippen molar-refractivity contribution in [2.24, 2.45) is 11.7 Å². The van der Waals surface area contributed by atoms with Gasteiger partial charge in [0, 0.05) is 12.8 Å². The minimum absolute atomic E-state index is 0.386. The first-order valence-corrected chi connectivity index (χ1v) is 10.3. The summed E-state index contributed by atoms with van der Waals surface area (Å²) in [4.78, 5) is 70.7. The molecule has 0 aromatic carbocycles. The summed E-state index contributed by atoms with van der Waals surface area (Å²) in [5, 5.41) is 42.8. The van der Waals surface area contributed by atoms with Crippen LogP contribution in [0.15, 0.2) is 0 Å². The van der Waals surface area contributed by atoms with Gasteiger partial charge in [0.05, 0.1) is 6.61 Å². The zero-order valence-corrected chi connectivity index (χ0v) is 18.4. The number of nitrogens with one attached hydrogen (secondary N) is 3. The molecule has 0 aromatic heterocycles. The Morgan fingerprint density at radius 1 is 0.788 bits per heavy atom. The molecule has 188 valence electrons. The lowest BCUT2D eigenvalue weighted by molar-refractivity contribution is -0.144. The summed E-state index contributed by atoms with van der Waals surface area (Å²) in [6, 6.07) is -5.62. The highest BCUT2D eigenvalue weighted by molar-refractivity contribution is 5.94. The van der Waals surface area contributed by atoms with Gasteiger partial charge in [0.1, 0.15) is 24.2 Å². The Bertz CT molecular complexity index is 729. The number of aliphatic carboxylic acids is 3. The van der Waals surface area contributed by atoms with Gasteiger partial charge >= 0.3 is 17.9 Å². The molecule has 0 rings (SSSR count). The molecule has 0 heterocycles. The number of carboxylic acids is 3. The van der Waals surface area contributed by atoms with E-state index in [4.69, 9.17) is 21.1 Å². The van der Waals surface area contributed by atoms with Gasteiger partial charge in [-0.2, -0.15) is 0 Å². The normalized spacial score (nSPS) is 15.3. The van der Waals surface area contributed by atoms with Crippen LogP contribution in [-0.4, -0.2) is 86.8 Å². The fourth-order valence-electron chi connectivity index (χ4n) is 2.64. The van der Waals surface area contributed by atoms with Gasteiger partial charge < -0.3 is 42.1 Å². The molecule has 0 aliphatic heterocycles. The van der Waals surface area contributed by atoms with Crippen LogP contribution in [0.2, 0.25) is 0 Å². The van der Waals surface area contributed by atoms with Crippen LogP contribution in [0, 0.1) is 5.92 Å². The second-order valence-corrected chi connectivity index (χ2v) is 7.49. The molecule has 0 aliphatic rings. The lowest BCUT2D eigenvalue weighted by Gasteiger charge is -2.26. The van der Waals surface area contributed by atoms with Crippen molar-refractivity contribution >= 4 is 35.6 Å². The van der Waals surface area contributed by atoms with Crippen molar-refractivity contribution in [2.45, 2.75) is 70.1 Å². The number of aliphatic hydroxyl groups excluding tert-OH is 1. The van der Waals surface area contributed by atoms with E-state index in [-0.39, 0.29) is 6.42 Å². The molecule has 3 amide bonds. The van der Waals surface area contributed by atoms with E-state index in [9.17, 15) is 33.9 Å². The van der Waals surface area contributed by atoms with Crippen LogP contribution < -0.4 is 21.7 Å². The number of rotatable bonds is 16. The Labute approximate surface area is 189 Å². The average Bonchev–Trinajstić information content (AvgIpc) is 2.75. The molecule has 5 atom stereocenters. The molecule has 0 radical (unpaired) electrons. The summed E-state index contributed by atoms with van der Waals surface area (Å²) < 4.78 is 0. The number of hydrogen-bond acceptors (Lipinski definition) is 8. The Kier molecular flexibility index (Phi) is 13.3. The number of aliphatic hydroxyl groups is 1. The predicted molar refractivity (Wildman–Crippen MR) is 112 cm³/mol. The molecular formula is C19H32N4O10. The topological polar surface area (TPSA) is 245 Å². The zero-order chi connectivity index (χ0) is 25.7. The van der Waals surface area contributed by atoms with E-state index in [1.165, 1.54) is 0 Å². The minimum Gasteiger partial charge on any atom is -0.481 e. The van der Waals surface area contributed by atoms with Crippen molar-refractivity contribution < 1.29 is 49.2 Å². The Balaban J connectivity index is 5.63. The SMILES string of the molecule is CCC(C)C(NC(=O)C(CCC(=O)O)NC(=O)C(CCC(=O)O)NC(=O)C(N)CO)C(=O)O. The monoisotopic (exact) mass is 476 g/mol. The number of carboxylic acid groups (broad SMARTS) is 3. The average molecular weight is 476 g/mol. The molecular weight excluding hydrogens is 444 g/mol. The van der Waals surface area contributed by atoms with Crippen LogP contribution in [0.3, 0.4) is 0 Å². The second-order valence-electron chi connectivity index (χ2n) is 7.49. The molecule has 9 N–H and O–H groups in total. The zero-order valence-electron chi connectivity index (χ0n) is 18.4. The van der Waals surface area contributed by atoms with Crippen molar-refractivity contribution in [1.29, 1.82) is 0 Å². The summed E-state index contributed by atoms with van der Waals surface area (Å²) in [5.74, 6) is -7.23. The highest BCUT2D eigenvalue weighted by Gasteiger charge is 2.32. The summed E-state index contributed by atoms with van der Waals surface area (Å²) in [6.45, 7) is 2.56. The van der Waals surface area contributed by atoms with Gasteiger partial charge in [0.15, 0.2) is 0 Å². The van der Waals surface area contributed by atoms with E-state index in [0.717, 1.165) is 0 Å². The van der Waals surface area contributed by atoms with E-state index in [2.05, 4.69) is 16.0 Å². The number of amides is 3. The fourth-order valence-corrected chi connectivity index (χ4v) is 2.64. The first-order valence-electron chi connectivity index (χ1n) is 10.3. The van der Waals surface area contributed by atoms with Crippen molar-refractivity contribution in [1.82, 2.24) is 16.0 Å². The first kappa shape index (κ1) is 29.7. The first-order chi connectivity index (χ1) is 15.3. The van der Waals surface area contributed by atoms with Gasteiger partial charge in [-0.25, -0.2) is 4.79 Å². The van der Waals surface area contributed by atoms with E-state index in [1.54, 1.807) is 13.8 Å². The molecule has 0 bridgehead atoms. The smallest absolute Gasteiger partial charge is 0.326 e. The lowest BCUT2D eigenvalue weighted by atomic mass is 9.98. The number of nitrogens with two attached hydrogens (primary N) is 1. The van der Waals surface area contributed by atoms with Gasteiger partial charge in [-0.15, -0.1) is 0 Å². The van der Waals surface area contributed by atoms with Gasteiger partial charge in [0.2, 0.25) is 17.7 Å². The minimum atomic E-state index is -1.48. The Morgan fingerprint density at radius 2 is 1.21 bits per heavy atom. The molecule has 33 heavy (non-hydrogen) atoms. The number of hydrogen-bond donors (Lipinski definition) is 8. The van der Waals surface area contributed by atoms with Crippen LogP contribution in [-0.2, 0) is 28.8 Å². The van der Waals surface area contributed by atoms with Gasteiger partial charge in [-0.05, 0) is 18.8 Å². The summed E-state index contributed by atoms with van der Waals surface area (Å²) in [7, 11) is 0. The highest BCUT2D eigenvalue weighted by Crippen LogP contribution is 2.10. The molecule has 0 fully saturated rings. The molecule has 0 saturated heterocycles. The van der Waals surface area contributed by atoms with E-state index >= 15 is 0 Å². The van der Waals surface area contributed by atoms with Gasteiger partial charge in [0.25, 0.3) is 0 Å². The number of carbonyl (C=O) groups excluding carboxylic acids is 3. The summed E-state index contributed by atoms with van der Waals surface area (Å²) >= 11 is 0. The van der Waals surface area contributed by atoms with Crippen molar-refractivity contribution in [2.75, 3.05) is 6.61 Å². The fraction of sp³-hybridized carbons (Fsp3) is 0.684. The van der Waals surface area contributed by atoms with Gasteiger partial charge in [-0.1, -0.05) is 20.3 Å². The molecule has 14 nitrogen and oxygen atoms in total. The second kappa shape index (κ2) is 14.7. The largest absolute Gasteiger partial charge is 0.481 e. The van der Waals surface area contributed by atoms with Crippen molar-refractivity contribution in [3.8, 4) is 0 Å². The molecule has 14 heteroatoms. The van der Waals surface area contributed by atoms with Crippen LogP contribution in [0.5, 0.6) is 0 Å². The maximum Gasteiger partial charge on any atom is 0.326 e. The third kappa shape index (κ3) is 11.2.